The molecule has 1 amide bonds. The van der Waals surface area contributed by atoms with Gasteiger partial charge in [0.15, 0.2) is 21.3 Å². The zero-order valence-corrected chi connectivity index (χ0v) is 12.9. The zero-order chi connectivity index (χ0) is 15.5. The third kappa shape index (κ3) is 3.87. The van der Waals surface area contributed by atoms with Crippen molar-refractivity contribution >= 4 is 15.7 Å². The second kappa shape index (κ2) is 6.34. The lowest BCUT2D eigenvalue weighted by molar-refractivity contribution is 0.0948. The number of carbonyl (C=O) groups is 1. The maximum absolute atomic E-state index is 12.1. The van der Waals surface area contributed by atoms with E-state index in [0.29, 0.717) is 30.0 Å². The molecule has 1 N–H and O–H groups in total. The van der Waals surface area contributed by atoms with Crippen LogP contribution in [0.15, 0.2) is 18.2 Å². The van der Waals surface area contributed by atoms with Crippen LogP contribution in [0.2, 0.25) is 0 Å². The molecular formula is C14H19NO5S. The van der Waals surface area contributed by atoms with Crippen LogP contribution in [0.4, 0.5) is 0 Å². The van der Waals surface area contributed by atoms with Crippen molar-refractivity contribution in [2.75, 3.05) is 32.3 Å². The van der Waals surface area contributed by atoms with Crippen molar-refractivity contribution in [2.24, 2.45) is 5.92 Å². The number of amides is 1. The maximum Gasteiger partial charge on any atom is 0.251 e. The lowest BCUT2D eigenvalue weighted by Crippen LogP contribution is -2.29. The van der Waals surface area contributed by atoms with Crippen LogP contribution in [0.3, 0.4) is 0 Å². The van der Waals surface area contributed by atoms with Crippen molar-refractivity contribution in [3.63, 3.8) is 0 Å². The highest BCUT2D eigenvalue weighted by Crippen LogP contribution is 2.27. The quantitative estimate of drug-likeness (QED) is 0.872. The molecule has 116 valence electrons. The highest BCUT2D eigenvalue weighted by molar-refractivity contribution is 7.91. The number of ether oxygens (including phenoxy) is 2. The molecule has 1 saturated heterocycles. The summed E-state index contributed by atoms with van der Waals surface area (Å²) in [6.07, 6.45) is 0.606. The second-order valence-corrected chi connectivity index (χ2v) is 7.28. The maximum atomic E-state index is 12.1. The molecule has 2 rings (SSSR count). The van der Waals surface area contributed by atoms with Gasteiger partial charge in [0.25, 0.3) is 5.91 Å². The average Bonchev–Trinajstić information content (AvgIpc) is 2.83. The largest absolute Gasteiger partial charge is 0.493 e. The van der Waals surface area contributed by atoms with Crippen LogP contribution < -0.4 is 14.8 Å². The minimum atomic E-state index is -2.92. The number of hydrogen-bond acceptors (Lipinski definition) is 5. The molecule has 1 aromatic carbocycles. The second-order valence-electron chi connectivity index (χ2n) is 5.05. The standard InChI is InChI=1S/C14H19NO5S/c1-19-12-4-3-11(7-13(12)20-2)14(16)15-8-10-5-6-21(17,18)9-10/h3-4,7,10H,5-6,8-9H2,1-2H3,(H,15,16). The van der Waals surface area contributed by atoms with Crippen LogP contribution in [0.5, 0.6) is 11.5 Å². The molecule has 1 fully saturated rings. The molecule has 1 aliphatic heterocycles. The summed E-state index contributed by atoms with van der Waals surface area (Å²) < 4.78 is 33.0. The van der Waals surface area contributed by atoms with Crippen LogP contribution in [-0.2, 0) is 9.84 Å². The molecule has 0 aromatic heterocycles. The number of carbonyl (C=O) groups excluding carboxylic acids is 1. The molecule has 6 nitrogen and oxygen atoms in total. The van der Waals surface area contributed by atoms with Crippen molar-refractivity contribution in [3.05, 3.63) is 23.8 Å². The molecule has 0 radical (unpaired) electrons. The number of methoxy groups -OCH3 is 2. The van der Waals surface area contributed by atoms with Crippen LogP contribution in [0, 0.1) is 5.92 Å². The Bertz CT molecular complexity index is 626. The molecule has 1 unspecified atom stereocenters. The highest BCUT2D eigenvalue weighted by atomic mass is 32.2. The Labute approximate surface area is 124 Å². The number of rotatable bonds is 5. The van der Waals surface area contributed by atoms with Crippen molar-refractivity contribution in [2.45, 2.75) is 6.42 Å². The first-order chi connectivity index (χ1) is 9.95. The third-order valence-electron chi connectivity index (χ3n) is 3.52. The molecular weight excluding hydrogens is 294 g/mol. The van der Waals surface area contributed by atoms with E-state index in [1.54, 1.807) is 18.2 Å². The lowest BCUT2D eigenvalue weighted by Gasteiger charge is -2.12. The van der Waals surface area contributed by atoms with Gasteiger partial charge in [0, 0.05) is 12.1 Å². The van der Waals surface area contributed by atoms with Gasteiger partial charge in [-0.25, -0.2) is 8.42 Å². The smallest absolute Gasteiger partial charge is 0.251 e. The molecule has 1 atom stereocenters. The minimum Gasteiger partial charge on any atom is -0.493 e. The van der Waals surface area contributed by atoms with Gasteiger partial charge in [-0.3, -0.25) is 4.79 Å². The van der Waals surface area contributed by atoms with E-state index in [4.69, 9.17) is 9.47 Å². The van der Waals surface area contributed by atoms with Gasteiger partial charge < -0.3 is 14.8 Å². The summed E-state index contributed by atoms with van der Waals surface area (Å²) >= 11 is 0. The molecule has 1 heterocycles. The summed E-state index contributed by atoms with van der Waals surface area (Å²) in [4.78, 5) is 12.1. The van der Waals surface area contributed by atoms with E-state index in [1.807, 2.05) is 0 Å². The van der Waals surface area contributed by atoms with Crippen molar-refractivity contribution < 1.29 is 22.7 Å². The summed E-state index contributed by atoms with van der Waals surface area (Å²) in [5.41, 5.74) is 0.452. The fourth-order valence-corrected chi connectivity index (χ4v) is 4.21. The predicted molar refractivity (Wildman–Crippen MR) is 78.6 cm³/mol. The highest BCUT2D eigenvalue weighted by Gasteiger charge is 2.28. The SMILES string of the molecule is COc1ccc(C(=O)NCC2CCS(=O)(=O)C2)cc1OC. The number of hydrogen-bond donors (Lipinski definition) is 1. The predicted octanol–water partition coefficient (Wildman–Crippen LogP) is 0.868. The Morgan fingerprint density at radius 3 is 2.57 bits per heavy atom. The molecule has 21 heavy (non-hydrogen) atoms. The van der Waals surface area contributed by atoms with Crippen molar-refractivity contribution in [1.82, 2.24) is 5.32 Å². The summed E-state index contributed by atoms with van der Waals surface area (Å²) in [5, 5.41) is 2.77. The monoisotopic (exact) mass is 313 g/mol. The van der Waals surface area contributed by atoms with Gasteiger partial charge in [-0.15, -0.1) is 0 Å². The zero-order valence-electron chi connectivity index (χ0n) is 12.1. The van der Waals surface area contributed by atoms with E-state index >= 15 is 0 Å². The number of sulfone groups is 1. The van der Waals surface area contributed by atoms with Gasteiger partial charge in [0.05, 0.1) is 25.7 Å². The summed E-state index contributed by atoms with van der Waals surface area (Å²) in [7, 11) is 0.113. The van der Waals surface area contributed by atoms with Crippen LogP contribution in [0.1, 0.15) is 16.8 Å². The van der Waals surface area contributed by atoms with Gasteiger partial charge in [-0.2, -0.15) is 0 Å². The third-order valence-corrected chi connectivity index (χ3v) is 5.36. The van der Waals surface area contributed by atoms with Gasteiger partial charge in [-0.1, -0.05) is 0 Å². The van der Waals surface area contributed by atoms with E-state index < -0.39 is 9.84 Å². The first kappa shape index (κ1) is 15.6. The summed E-state index contributed by atoms with van der Waals surface area (Å²) in [5.74, 6) is 1.15. The lowest BCUT2D eigenvalue weighted by atomic mass is 10.1. The number of benzene rings is 1. The molecule has 7 heteroatoms. The first-order valence-corrected chi connectivity index (χ1v) is 8.48. The fraction of sp³-hybridized carbons (Fsp3) is 0.500. The molecule has 0 spiro atoms. The number of nitrogens with one attached hydrogen (secondary N) is 1. The van der Waals surface area contributed by atoms with Crippen molar-refractivity contribution in [1.29, 1.82) is 0 Å². The Balaban J connectivity index is 1.97. The topological polar surface area (TPSA) is 81.7 Å². The normalized spacial score (nSPS) is 20.0. The Morgan fingerprint density at radius 2 is 2.00 bits per heavy atom. The van der Waals surface area contributed by atoms with E-state index in [1.165, 1.54) is 14.2 Å². The molecule has 1 aliphatic rings. The Kier molecular flexibility index (Phi) is 4.72. The summed E-state index contributed by atoms with van der Waals surface area (Å²) in [6, 6.07) is 4.90. The summed E-state index contributed by atoms with van der Waals surface area (Å²) in [6.45, 7) is 0.367. The molecule has 0 bridgehead atoms. The van der Waals surface area contributed by atoms with Gasteiger partial charge in [0.1, 0.15) is 0 Å². The molecule has 0 saturated carbocycles. The van der Waals surface area contributed by atoms with E-state index in [0.717, 1.165) is 0 Å². The van der Waals surface area contributed by atoms with E-state index in [2.05, 4.69) is 5.32 Å². The van der Waals surface area contributed by atoms with Crippen LogP contribution in [-0.4, -0.2) is 46.6 Å². The van der Waals surface area contributed by atoms with Crippen molar-refractivity contribution in [3.8, 4) is 11.5 Å². The fourth-order valence-electron chi connectivity index (χ4n) is 2.35. The molecule has 1 aromatic rings. The van der Waals surface area contributed by atoms with E-state index in [-0.39, 0.29) is 23.3 Å². The van der Waals surface area contributed by atoms with Crippen LogP contribution in [0.25, 0.3) is 0 Å². The van der Waals surface area contributed by atoms with Gasteiger partial charge in [0.2, 0.25) is 0 Å². The first-order valence-electron chi connectivity index (χ1n) is 6.66. The van der Waals surface area contributed by atoms with Gasteiger partial charge >= 0.3 is 0 Å². The minimum absolute atomic E-state index is 0.000839. The van der Waals surface area contributed by atoms with E-state index in [9.17, 15) is 13.2 Å². The van der Waals surface area contributed by atoms with Crippen LogP contribution >= 0.6 is 0 Å². The Morgan fingerprint density at radius 1 is 1.29 bits per heavy atom. The molecule has 0 aliphatic carbocycles. The average molecular weight is 313 g/mol. The Hall–Kier alpha value is -1.76. The van der Waals surface area contributed by atoms with Gasteiger partial charge in [-0.05, 0) is 30.5 Å².